The first-order valence-electron chi connectivity index (χ1n) is 6.07. The van der Waals surface area contributed by atoms with Gasteiger partial charge in [-0.2, -0.15) is 0 Å². The van der Waals surface area contributed by atoms with E-state index >= 15 is 0 Å². The van der Waals surface area contributed by atoms with Crippen LogP contribution in [0.15, 0.2) is 22.7 Å². The summed E-state index contributed by atoms with van der Waals surface area (Å²) >= 11 is 3.34. The zero-order chi connectivity index (χ0) is 12.1. The van der Waals surface area contributed by atoms with Gasteiger partial charge in [0, 0.05) is 18.7 Å². The van der Waals surface area contributed by atoms with E-state index in [2.05, 4.69) is 21.2 Å². The van der Waals surface area contributed by atoms with Crippen LogP contribution in [0, 0.1) is 5.82 Å². The minimum atomic E-state index is -0.271. The lowest BCUT2D eigenvalue weighted by Crippen LogP contribution is -2.30. The SMILES string of the molecule is Fc1ccc(Br)c(OCCNC2CCCC2)c1. The first-order chi connectivity index (χ1) is 8.25. The second kappa shape index (κ2) is 6.36. The highest BCUT2D eigenvalue weighted by Gasteiger charge is 2.13. The zero-order valence-corrected chi connectivity index (χ0v) is 11.3. The van der Waals surface area contributed by atoms with Crippen LogP contribution in [0.3, 0.4) is 0 Å². The summed E-state index contributed by atoms with van der Waals surface area (Å²) in [5, 5.41) is 3.45. The summed E-state index contributed by atoms with van der Waals surface area (Å²) in [7, 11) is 0. The Morgan fingerprint density at radius 1 is 1.35 bits per heavy atom. The molecule has 0 radical (unpaired) electrons. The van der Waals surface area contributed by atoms with Crippen LogP contribution in [-0.4, -0.2) is 19.2 Å². The van der Waals surface area contributed by atoms with Crippen molar-refractivity contribution < 1.29 is 9.13 Å². The molecule has 1 aromatic rings. The van der Waals surface area contributed by atoms with Crippen LogP contribution in [-0.2, 0) is 0 Å². The number of hydrogen-bond donors (Lipinski definition) is 1. The summed E-state index contributed by atoms with van der Waals surface area (Å²) in [4.78, 5) is 0. The summed E-state index contributed by atoms with van der Waals surface area (Å²) in [6.45, 7) is 1.38. The van der Waals surface area contributed by atoms with Gasteiger partial charge in [0.25, 0.3) is 0 Å². The molecule has 0 aromatic heterocycles. The number of ether oxygens (including phenoxy) is 1. The van der Waals surface area contributed by atoms with Gasteiger partial charge < -0.3 is 10.1 Å². The molecule has 1 saturated carbocycles. The van der Waals surface area contributed by atoms with E-state index in [1.807, 2.05) is 0 Å². The molecular weight excluding hydrogens is 285 g/mol. The molecule has 1 fully saturated rings. The summed E-state index contributed by atoms with van der Waals surface area (Å²) in [5.74, 6) is 0.296. The largest absolute Gasteiger partial charge is 0.491 e. The first-order valence-corrected chi connectivity index (χ1v) is 6.86. The van der Waals surface area contributed by atoms with Gasteiger partial charge in [0.1, 0.15) is 18.2 Å². The molecule has 0 atom stereocenters. The van der Waals surface area contributed by atoms with Gasteiger partial charge in [0.15, 0.2) is 0 Å². The van der Waals surface area contributed by atoms with Gasteiger partial charge in [-0.25, -0.2) is 4.39 Å². The third-order valence-corrected chi connectivity index (χ3v) is 3.70. The van der Waals surface area contributed by atoms with Crippen molar-refractivity contribution in [1.29, 1.82) is 0 Å². The highest BCUT2D eigenvalue weighted by atomic mass is 79.9. The quantitative estimate of drug-likeness (QED) is 0.841. The average Bonchev–Trinajstić information content (AvgIpc) is 2.82. The van der Waals surface area contributed by atoms with Gasteiger partial charge in [0.2, 0.25) is 0 Å². The summed E-state index contributed by atoms with van der Waals surface area (Å²) < 4.78 is 19.3. The topological polar surface area (TPSA) is 21.3 Å². The van der Waals surface area contributed by atoms with Crippen molar-refractivity contribution in [3.05, 3.63) is 28.5 Å². The van der Waals surface area contributed by atoms with Crippen LogP contribution in [0.25, 0.3) is 0 Å². The Hall–Kier alpha value is -0.610. The lowest BCUT2D eigenvalue weighted by atomic mass is 10.2. The third-order valence-electron chi connectivity index (χ3n) is 3.04. The third kappa shape index (κ3) is 3.96. The average molecular weight is 302 g/mol. The van der Waals surface area contributed by atoms with E-state index in [0.29, 0.717) is 18.4 Å². The number of benzene rings is 1. The molecule has 17 heavy (non-hydrogen) atoms. The fourth-order valence-electron chi connectivity index (χ4n) is 2.14. The molecule has 0 amide bonds. The van der Waals surface area contributed by atoms with Crippen LogP contribution in [0.1, 0.15) is 25.7 Å². The molecule has 1 aliphatic rings. The van der Waals surface area contributed by atoms with Crippen molar-refractivity contribution in [3.8, 4) is 5.75 Å². The van der Waals surface area contributed by atoms with Crippen molar-refractivity contribution in [3.63, 3.8) is 0 Å². The molecule has 1 aromatic carbocycles. The van der Waals surface area contributed by atoms with Crippen LogP contribution >= 0.6 is 15.9 Å². The molecular formula is C13H17BrFNO. The fourth-order valence-corrected chi connectivity index (χ4v) is 2.50. The molecule has 1 N–H and O–H groups in total. The molecule has 0 spiro atoms. The normalized spacial score (nSPS) is 16.4. The molecule has 0 aliphatic heterocycles. The predicted octanol–water partition coefficient (Wildman–Crippen LogP) is 3.50. The van der Waals surface area contributed by atoms with Gasteiger partial charge in [-0.1, -0.05) is 12.8 Å². The fraction of sp³-hybridized carbons (Fsp3) is 0.538. The van der Waals surface area contributed by atoms with E-state index in [0.717, 1.165) is 11.0 Å². The molecule has 0 saturated heterocycles. The van der Waals surface area contributed by atoms with Crippen molar-refractivity contribution in [2.24, 2.45) is 0 Å². The Morgan fingerprint density at radius 2 is 2.12 bits per heavy atom. The summed E-state index contributed by atoms with van der Waals surface area (Å²) in [5.41, 5.74) is 0. The van der Waals surface area contributed by atoms with E-state index in [4.69, 9.17) is 4.74 Å². The maximum atomic E-state index is 13.0. The Morgan fingerprint density at radius 3 is 2.88 bits per heavy atom. The number of halogens is 2. The van der Waals surface area contributed by atoms with Gasteiger partial charge >= 0.3 is 0 Å². The van der Waals surface area contributed by atoms with Crippen LogP contribution in [0.2, 0.25) is 0 Å². The molecule has 2 rings (SSSR count). The standard InChI is InChI=1S/C13H17BrFNO/c14-12-6-5-10(15)9-13(12)17-8-7-16-11-3-1-2-4-11/h5-6,9,11,16H,1-4,7-8H2. The van der Waals surface area contributed by atoms with Gasteiger partial charge in [-0.05, 0) is 40.9 Å². The molecule has 94 valence electrons. The predicted molar refractivity (Wildman–Crippen MR) is 69.9 cm³/mol. The minimum Gasteiger partial charge on any atom is -0.491 e. The van der Waals surface area contributed by atoms with E-state index in [1.165, 1.54) is 37.8 Å². The van der Waals surface area contributed by atoms with E-state index in [1.54, 1.807) is 6.07 Å². The zero-order valence-electron chi connectivity index (χ0n) is 9.72. The molecule has 0 unspecified atom stereocenters. The minimum absolute atomic E-state index is 0.271. The van der Waals surface area contributed by atoms with Crippen LogP contribution in [0.5, 0.6) is 5.75 Å². The van der Waals surface area contributed by atoms with E-state index < -0.39 is 0 Å². The molecule has 0 heterocycles. The maximum Gasteiger partial charge on any atom is 0.136 e. The maximum absolute atomic E-state index is 13.0. The number of rotatable bonds is 5. The Bertz CT molecular complexity index is 366. The monoisotopic (exact) mass is 301 g/mol. The van der Waals surface area contributed by atoms with Crippen molar-refractivity contribution in [1.82, 2.24) is 5.32 Å². The van der Waals surface area contributed by atoms with Gasteiger partial charge in [-0.3, -0.25) is 0 Å². The number of hydrogen-bond acceptors (Lipinski definition) is 2. The first kappa shape index (κ1) is 12.8. The van der Waals surface area contributed by atoms with Crippen molar-refractivity contribution >= 4 is 15.9 Å². The second-order valence-corrected chi connectivity index (χ2v) is 5.21. The molecule has 1 aliphatic carbocycles. The second-order valence-electron chi connectivity index (χ2n) is 4.36. The van der Waals surface area contributed by atoms with Crippen molar-refractivity contribution in [2.75, 3.05) is 13.2 Å². The number of nitrogens with one attached hydrogen (secondary N) is 1. The van der Waals surface area contributed by atoms with Gasteiger partial charge in [0.05, 0.1) is 4.47 Å². The van der Waals surface area contributed by atoms with E-state index in [9.17, 15) is 4.39 Å². The van der Waals surface area contributed by atoms with Gasteiger partial charge in [-0.15, -0.1) is 0 Å². The highest BCUT2D eigenvalue weighted by Crippen LogP contribution is 2.25. The van der Waals surface area contributed by atoms with Crippen LogP contribution in [0.4, 0.5) is 4.39 Å². The lowest BCUT2D eigenvalue weighted by molar-refractivity contribution is 0.302. The molecule has 2 nitrogen and oxygen atoms in total. The lowest BCUT2D eigenvalue weighted by Gasteiger charge is -2.13. The smallest absolute Gasteiger partial charge is 0.136 e. The summed E-state index contributed by atoms with van der Waals surface area (Å²) in [6.07, 6.45) is 5.19. The van der Waals surface area contributed by atoms with Crippen molar-refractivity contribution in [2.45, 2.75) is 31.7 Å². The summed E-state index contributed by atoms with van der Waals surface area (Å²) in [6, 6.07) is 5.12. The van der Waals surface area contributed by atoms with Crippen LogP contribution < -0.4 is 10.1 Å². The van der Waals surface area contributed by atoms with E-state index in [-0.39, 0.29) is 5.82 Å². The Kier molecular flexibility index (Phi) is 4.80. The highest BCUT2D eigenvalue weighted by molar-refractivity contribution is 9.10. The Labute approximate surface area is 110 Å². The molecule has 0 bridgehead atoms. The molecule has 4 heteroatoms. The Balaban J connectivity index is 1.72.